The molecule has 2 aromatic heterocycles. The number of hydrogen-bond acceptors (Lipinski definition) is 12. The van der Waals surface area contributed by atoms with Gasteiger partial charge in [-0.2, -0.15) is 12.6 Å². The first kappa shape index (κ1) is 29.0. The molecule has 7 atom stereocenters. The van der Waals surface area contributed by atoms with Crippen molar-refractivity contribution in [1.29, 1.82) is 0 Å². The first-order valence-electron chi connectivity index (χ1n) is 10.6. The largest absolute Gasteiger partial charge is 0.480 e. The minimum Gasteiger partial charge on any atom is -0.480 e. The second kappa shape index (κ2) is 13.2. The van der Waals surface area contributed by atoms with Crippen LogP contribution in [0.4, 0.5) is 5.82 Å². The van der Waals surface area contributed by atoms with Crippen LogP contribution in [-0.4, -0.2) is 106 Å². The van der Waals surface area contributed by atoms with Gasteiger partial charge in [0, 0.05) is 6.42 Å². The number of nitrogens with two attached hydrogens (primary N) is 3. The van der Waals surface area contributed by atoms with Gasteiger partial charge in [-0.05, 0) is 23.1 Å². The normalized spacial score (nSPS) is 24.4. The lowest BCUT2D eigenvalue weighted by Gasteiger charge is -2.16. The highest BCUT2D eigenvalue weighted by molar-refractivity contribution is 7.96. The Morgan fingerprint density at radius 1 is 1.14 bits per heavy atom. The maximum atomic E-state index is 10.8. The summed E-state index contributed by atoms with van der Waals surface area (Å²) in [6.07, 6.45) is 1.74. The lowest BCUT2D eigenvalue weighted by molar-refractivity contribution is -0.139. The van der Waals surface area contributed by atoms with Gasteiger partial charge in [0.05, 0.1) is 12.6 Å². The number of aliphatic hydroxyl groups excluding tert-OH is 2. The van der Waals surface area contributed by atoms with Gasteiger partial charge in [0.15, 0.2) is 17.7 Å². The molecule has 1 unspecified atom stereocenters. The van der Waals surface area contributed by atoms with Crippen LogP contribution >= 0.6 is 12.6 Å². The van der Waals surface area contributed by atoms with Crippen molar-refractivity contribution in [2.75, 3.05) is 29.2 Å². The third-order valence-electron chi connectivity index (χ3n) is 5.30. The number of carboxylic acids is 2. The van der Waals surface area contributed by atoms with Gasteiger partial charge in [0.2, 0.25) is 0 Å². The summed E-state index contributed by atoms with van der Waals surface area (Å²) in [5.41, 5.74) is 17.2. The smallest absolute Gasteiger partial charge is 0.320 e. The quantitative estimate of drug-likeness (QED) is 0.119. The van der Waals surface area contributed by atoms with Crippen molar-refractivity contribution in [1.82, 2.24) is 19.5 Å². The van der Waals surface area contributed by atoms with Gasteiger partial charge in [0.1, 0.15) is 53.7 Å². The number of aromatic nitrogens is 4. The molecule has 16 heteroatoms. The lowest BCUT2D eigenvalue weighted by Crippen LogP contribution is -2.37. The first-order valence-corrected chi connectivity index (χ1v) is 13.2. The number of nitrogens with zero attached hydrogens (tertiary/aromatic N) is 4. The summed E-state index contributed by atoms with van der Waals surface area (Å²) < 4.78 is 7.41. The van der Waals surface area contributed by atoms with E-state index < -0.39 is 48.6 Å². The zero-order valence-electron chi connectivity index (χ0n) is 19.0. The van der Waals surface area contributed by atoms with E-state index in [1.807, 2.05) is 6.26 Å². The van der Waals surface area contributed by atoms with Gasteiger partial charge >= 0.3 is 11.9 Å². The molecular formula is C19H32N7O7S2+. The van der Waals surface area contributed by atoms with Gasteiger partial charge in [-0.1, -0.05) is 0 Å². The Kier molecular flexibility index (Phi) is 10.9. The molecule has 14 nitrogen and oxygen atoms in total. The van der Waals surface area contributed by atoms with Crippen LogP contribution in [0, 0.1) is 0 Å². The van der Waals surface area contributed by atoms with E-state index in [1.54, 1.807) is 0 Å². The van der Waals surface area contributed by atoms with Gasteiger partial charge in [0.25, 0.3) is 0 Å². The third-order valence-corrected chi connectivity index (χ3v) is 7.39. The molecule has 1 saturated heterocycles. The van der Waals surface area contributed by atoms with Crippen LogP contribution < -0.4 is 17.2 Å². The van der Waals surface area contributed by atoms with Crippen LogP contribution in [0.25, 0.3) is 11.2 Å². The number of thiol groups is 1. The van der Waals surface area contributed by atoms with Crippen molar-refractivity contribution >= 4 is 52.4 Å². The van der Waals surface area contributed by atoms with E-state index in [9.17, 15) is 19.8 Å². The molecule has 0 bridgehead atoms. The predicted molar refractivity (Wildman–Crippen MR) is 133 cm³/mol. The van der Waals surface area contributed by atoms with Crippen molar-refractivity contribution in [3.63, 3.8) is 0 Å². The highest BCUT2D eigenvalue weighted by Crippen LogP contribution is 2.32. The van der Waals surface area contributed by atoms with Crippen LogP contribution in [0.15, 0.2) is 12.7 Å². The first-order chi connectivity index (χ1) is 16.5. The molecule has 10 N–H and O–H groups in total. The molecule has 196 valence electrons. The van der Waals surface area contributed by atoms with Crippen LogP contribution in [0.3, 0.4) is 0 Å². The molecule has 35 heavy (non-hydrogen) atoms. The second-order valence-corrected chi connectivity index (χ2v) is 10.7. The SMILES string of the molecule is C[S+](CC[C@H](N)C(=O)O)C[C@H]1O[C@@H](n2cnc3c(N)ncnc32)[C@H](O)[C@@H]1O.N[C@@H](CCS)C(=O)O. The maximum Gasteiger partial charge on any atom is 0.320 e. The zero-order valence-corrected chi connectivity index (χ0v) is 20.8. The van der Waals surface area contributed by atoms with Crippen LogP contribution in [0.5, 0.6) is 0 Å². The van der Waals surface area contributed by atoms with Crippen molar-refractivity contribution < 1.29 is 34.8 Å². The summed E-state index contributed by atoms with van der Waals surface area (Å²) in [6.45, 7) is 0. The van der Waals surface area contributed by atoms with Crippen LogP contribution in [-0.2, 0) is 25.2 Å². The summed E-state index contributed by atoms with van der Waals surface area (Å²) in [5.74, 6) is -0.184. The zero-order chi connectivity index (χ0) is 26.3. The fourth-order valence-electron chi connectivity index (χ4n) is 3.23. The Labute approximate surface area is 209 Å². The van der Waals surface area contributed by atoms with Crippen LogP contribution in [0.1, 0.15) is 19.1 Å². The monoisotopic (exact) mass is 534 g/mol. The molecular weight excluding hydrogens is 502 g/mol. The standard InChI is InChI=1S/C15H22N6O5S.C4H9NO2S/c1-27(3-2-7(16)15(24)25)4-8-10(22)11(23)14(26-8)21-6-20-9-12(17)18-5-19-13(9)21;5-3(1-2-8)4(6)7/h5-8,10-11,14,22-23H,2-4,16H2,1H3,(H2-,17,18,19,24,25);3,8H,1-2,5H2,(H,6,7)/p+1/t7-,8+,10+,11+,14+,27?;3-/m00/s1. The molecule has 1 fully saturated rings. The molecule has 0 spiro atoms. The Balaban J connectivity index is 0.000000466. The minimum absolute atomic E-state index is 0.216. The molecule has 1 aliphatic heterocycles. The number of carboxylic acid groups (broad SMARTS) is 2. The van der Waals surface area contributed by atoms with E-state index in [2.05, 4.69) is 27.6 Å². The highest BCUT2D eigenvalue weighted by Gasteiger charge is 2.46. The molecule has 0 aliphatic carbocycles. The maximum absolute atomic E-state index is 10.8. The average Bonchev–Trinajstić information content (AvgIpc) is 3.35. The van der Waals surface area contributed by atoms with E-state index in [-0.39, 0.29) is 16.7 Å². The Hall–Kier alpha value is -2.21. The van der Waals surface area contributed by atoms with Crippen molar-refractivity contribution in [3.8, 4) is 0 Å². The fraction of sp³-hybridized carbons (Fsp3) is 0.632. The Bertz CT molecular complexity index is 998. The molecule has 0 aromatic carbocycles. The van der Waals surface area contributed by atoms with Gasteiger partial charge < -0.3 is 42.4 Å². The number of aliphatic carboxylic acids is 2. The molecule has 3 heterocycles. The van der Waals surface area contributed by atoms with Crippen LogP contribution in [0.2, 0.25) is 0 Å². The number of nitrogen functional groups attached to an aromatic ring is 1. The van der Waals surface area contributed by atoms with E-state index in [0.717, 1.165) is 0 Å². The number of anilines is 1. The van der Waals surface area contributed by atoms with E-state index in [4.69, 9.17) is 32.2 Å². The number of imidazole rings is 1. The Morgan fingerprint density at radius 2 is 1.77 bits per heavy atom. The van der Waals surface area contributed by atoms with Crippen molar-refractivity contribution in [2.45, 2.75) is 49.5 Å². The van der Waals surface area contributed by atoms with Gasteiger partial charge in [-0.15, -0.1) is 0 Å². The van der Waals surface area contributed by atoms with Crippen molar-refractivity contribution in [3.05, 3.63) is 12.7 Å². The molecule has 0 saturated carbocycles. The summed E-state index contributed by atoms with van der Waals surface area (Å²) in [6, 6.07) is -1.65. The second-order valence-electron chi connectivity index (χ2n) is 7.97. The molecule has 1 aliphatic rings. The van der Waals surface area contributed by atoms with Gasteiger partial charge in [-0.3, -0.25) is 14.2 Å². The van der Waals surface area contributed by atoms with E-state index >= 15 is 0 Å². The average molecular weight is 535 g/mol. The fourth-order valence-corrected chi connectivity index (χ4v) is 5.17. The summed E-state index contributed by atoms with van der Waals surface area (Å²) in [4.78, 5) is 32.9. The number of ether oxygens (including phenoxy) is 1. The summed E-state index contributed by atoms with van der Waals surface area (Å²) in [7, 11) is -0.235. The highest BCUT2D eigenvalue weighted by atomic mass is 32.2. The number of aliphatic hydroxyl groups is 2. The Morgan fingerprint density at radius 3 is 2.34 bits per heavy atom. The number of hydrogen-bond donors (Lipinski definition) is 8. The van der Waals surface area contributed by atoms with E-state index in [0.29, 0.717) is 41.3 Å². The van der Waals surface area contributed by atoms with E-state index in [1.165, 1.54) is 17.2 Å². The molecule has 3 rings (SSSR count). The summed E-state index contributed by atoms with van der Waals surface area (Å²) in [5, 5.41) is 37.8. The predicted octanol–water partition coefficient (Wildman–Crippen LogP) is -2.20. The lowest BCUT2D eigenvalue weighted by atomic mass is 10.1. The summed E-state index contributed by atoms with van der Waals surface area (Å²) >= 11 is 3.81. The molecule has 2 aromatic rings. The molecule has 0 radical (unpaired) electrons. The number of rotatable bonds is 10. The number of fused-ring (bicyclic) bond motifs is 1. The third kappa shape index (κ3) is 7.63. The minimum atomic E-state index is -1.16. The topological polar surface area (TPSA) is 246 Å². The molecule has 0 amide bonds. The van der Waals surface area contributed by atoms with Gasteiger partial charge in [-0.25, -0.2) is 15.0 Å². The number of carbonyl (C=O) groups is 2. The van der Waals surface area contributed by atoms with Crippen molar-refractivity contribution in [2.24, 2.45) is 11.5 Å².